The van der Waals surface area contributed by atoms with Crippen LogP contribution >= 0.6 is 0 Å². The van der Waals surface area contributed by atoms with Gasteiger partial charge < -0.3 is 9.30 Å². The summed E-state index contributed by atoms with van der Waals surface area (Å²) < 4.78 is 8.34. The lowest BCUT2D eigenvalue weighted by Crippen LogP contribution is -2.65. The molecule has 2 nitrogen and oxygen atoms in total. The summed E-state index contributed by atoms with van der Waals surface area (Å²) in [5, 5.41) is 0. The molecule has 0 radical (unpaired) electrons. The van der Waals surface area contributed by atoms with Gasteiger partial charge in [-0.25, -0.2) is 0 Å². The topological polar surface area (TPSA) is 24.1 Å². The maximum atomic E-state index is 4.17. The Balaban J connectivity index is 2.89. The first-order chi connectivity index (χ1) is 7.83. The van der Waals surface area contributed by atoms with Gasteiger partial charge >= 0.3 is 0 Å². The smallest absolute Gasteiger partial charge is 0.112 e. The molecule has 0 aliphatic carbocycles. The molecular formula is C12H34N2Si4. The van der Waals surface area contributed by atoms with E-state index in [1.54, 1.807) is 0 Å². The molecule has 0 unspecified atom stereocenters. The normalized spacial score (nSPS) is 30.7. The van der Waals surface area contributed by atoms with Crippen molar-refractivity contribution in [3.8, 4) is 0 Å². The van der Waals surface area contributed by atoms with Crippen LogP contribution in [0.15, 0.2) is 0 Å². The molecule has 0 aromatic carbocycles. The van der Waals surface area contributed by atoms with E-state index in [9.17, 15) is 0 Å². The molecule has 1 rings (SSSR count). The van der Waals surface area contributed by atoms with E-state index in [2.05, 4.69) is 61.7 Å². The Morgan fingerprint density at radius 1 is 0.444 bits per heavy atom. The van der Waals surface area contributed by atoms with E-state index in [4.69, 9.17) is 0 Å². The second-order valence-electron chi connectivity index (χ2n) is 8.79. The molecule has 0 aromatic heterocycles. The highest BCUT2D eigenvalue weighted by molar-refractivity contribution is 6.96. The average Bonchev–Trinajstić information content (AvgIpc) is 2.08. The number of hydrogen-bond donors (Lipinski definition) is 2. The van der Waals surface area contributed by atoms with Crippen LogP contribution in [0.1, 0.15) is 0 Å². The Bertz CT molecular complexity index is 242. The van der Waals surface area contributed by atoms with Crippen molar-refractivity contribution in [3.63, 3.8) is 0 Å². The highest BCUT2D eigenvalue weighted by atomic mass is 28.4. The highest BCUT2D eigenvalue weighted by Gasteiger charge is 2.38. The minimum atomic E-state index is -1.18. The predicted octanol–water partition coefficient (Wildman–Crippen LogP) is 4.00. The summed E-state index contributed by atoms with van der Waals surface area (Å²) in [6.45, 7) is 20.3. The van der Waals surface area contributed by atoms with Gasteiger partial charge in [0, 0.05) is 0 Å². The monoisotopic (exact) mass is 318 g/mol. The van der Waals surface area contributed by atoms with Gasteiger partial charge in [0.05, 0.1) is 0 Å². The summed E-state index contributed by atoms with van der Waals surface area (Å²) in [5.74, 6) is 0. The summed E-state index contributed by atoms with van der Waals surface area (Å²) >= 11 is 0. The zero-order chi connectivity index (χ0) is 14.2. The van der Waals surface area contributed by atoms with Gasteiger partial charge in [0.1, 0.15) is 32.9 Å². The van der Waals surface area contributed by atoms with Gasteiger partial charge in [-0.2, -0.15) is 0 Å². The van der Waals surface area contributed by atoms with E-state index in [-0.39, 0.29) is 0 Å². The average molecular weight is 319 g/mol. The molecule has 1 aliphatic heterocycles. The second kappa shape index (κ2) is 5.29. The lowest BCUT2D eigenvalue weighted by molar-refractivity contribution is 1.08. The van der Waals surface area contributed by atoms with Gasteiger partial charge in [-0.3, -0.25) is 0 Å². The molecule has 6 heteroatoms. The van der Waals surface area contributed by atoms with Crippen molar-refractivity contribution in [1.82, 2.24) is 9.30 Å². The fourth-order valence-electron chi connectivity index (χ4n) is 3.33. The van der Waals surface area contributed by atoms with Gasteiger partial charge in [0.25, 0.3) is 0 Å². The first-order valence-corrected chi connectivity index (χ1v) is 20.2. The van der Waals surface area contributed by atoms with Crippen LogP contribution in [0.2, 0.25) is 76.6 Å². The molecule has 0 amide bonds. The zero-order valence-electron chi connectivity index (χ0n) is 13.8. The summed E-state index contributed by atoms with van der Waals surface area (Å²) in [7, 11) is -4.71. The molecule has 1 heterocycles. The quantitative estimate of drug-likeness (QED) is 0.660. The zero-order valence-corrected chi connectivity index (χ0v) is 17.8. The Morgan fingerprint density at radius 2 is 0.611 bits per heavy atom. The minimum absolute atomic E-state index is 1.18. The molecule has 0 atom stereocenters. The summed E-state index contributed by atoms with van der Waals surface area (Å²) in [5.41, 5.74) is 0. The van der Waals surface area contributed by atoms with Crippen LogP contribution in [0.5, 0.6) is 0 Å². The van der Waals surface area contributed by atoms with Gasteiger partial charge in [-0.05, 0) is 24.2 Å². The molecule has 0 bridgehead atoms. The van der Waals surface area contributed by atoms with Gasteiger partial charge in [0.2, 0.25) is 0 Å². The lowest BCUT2D eigenvalue weighted by Gasteiger charge is -2.42. The highest BCUT2D eigenvalue weighted by Crippen LogP contribution is 2.26. The maximum Gasteiger partial charge on any atom is 0.112 e. The van der Waals surface area contributed by atoms with Crippen LogP contribution in [-0.4, -0.2) is 32.9 Å². The summed E-state index contributed by atoms with van der Waals surface area (Å²) in [6, 6.07) is 5.83. The molecular weight excluding hydrogens is 284 g/mol. The van der Waals surface area contributed by atoms with Crippen molar-refractivity contribution in [2.24, 2.45) is 0 Å². The van der Waals surface area contributed by atoms with E-state index >= 15 is 0 Å². The number of hydrogen-bond acceptors (Lipinski definition) is 2. The number of rotatable bonds is 0. The summed E-state index contributed by atoms with van der Waals surface area (Å²) in [4.78, 5) is 0. The molecule has 0 aromatic rings. The third-order valence-corrected chi connectivity index (χ3v) is 21.9. The fraction of sp³-hybridized carbons (Fsp3) is 1.00. The van der Waals surface area contributed by atoms with E-state index < -0.39 is 32.9 Å². The van der Waals surface area contributed by atoms with E-state index in [0.29, 0.717) is 0 Å². The molecule has 18 heavy (non-hydrogen) atoms. The van der Waals surface area contributed by atoms with E-state index in [1.807, 2.05) is 0 Å². The Hall–Kier alpha value is 0.788. The molecule has 1 saturated heterocycles. The van der Waals surface area contributed by atoms with E-state index in [1.165, 1.54) is 24.2 Å². The van der Waals surface area contributed by atoms with Gasteiger partial charge in [-0.1, -0.05) is 52.4 Å². The van der Waals surface area contributed by atoms with Crippen molar-refractivity contribution >= 4 is 32.9 Å². The SMILES string of the molecule is C[Si]1(C)CC[Si](C)(C)N[Si](C)(C)CC[Si](C)(C)N1. The van der Waals surface area contributed by atoms with E-state index in [0.717, 1.165) is 0 Å². The predicted molar refractivity (Wildman–Crippen MR) is 95.4 cm³/mol. The second-order valence-corrected chi connectivity index (χ2v) is 27.9. The first-order valence-electron chi connectivity index (χ1n) is 7.41. The standard InChI is InChI=1S/C12H34N2Si4/c1-15(2)9-10-17(5,6)14-18(7,8)12-11-16(3,4)13-15/h13-14H,9-12H2,1-8H3. The van der Waals surface area contributed by atoms with Crippen molar-refractivity contribution < 1.29 is 0 Å². The Labute approximate surface area is 119 Å². The lowest BCUT2D eigenvalue weighted by atomic mass is 10.9. The third-order valence-electron chi connectivity index (χ3n) is 4.10. The van der Waals surface area contributed by atoms with Crippen LogP contribution in [0.25, 0.3) is 0 Å². The Kier molecular flexibility index (Phi) is 4.95. The number of nitrogens with one attached hydrogen (secondary N) is 2. The van der Waals surface area contributed by atoms with Gasteiger partial charge in [-0.15, -0.1) is 0 Å². The van der Waals surface area contributed by atoms with Crippen LogP contribution in [0.4, 0.5) is 0 Å². The third kappa shape index (κ3) is 5.83. The Morgan fingerprint density at radius 3 is 0.778 bits per heavy atom. The van der Waals surface area contributed by atoms with Gasteiger partial charge in [0.15, 0.2) is 0 Å². The van der Waals surface area contributed by atoms with Crippen molar-refractivity contribution in [2.75, 3.05) is 0 Å². The molecule has 0 saturated carbocycles. The molecule has 0 spiro atoms. The molecule has 2 N–H and O–H groups in total. The fourth-order valence-corrected chi connectivity index (χ4v) is 30.0. The van der Waals surface area contributed by atoms with Crippen molar-refractivity contribution in [1.29, 1.82) is 0 Å². The first kappa shape index (κ1) is 16.8. The maximum absolute atomic E-state index is 4.17. The molecule has 108 valence electrons. The molecule has 1 aliphatic rings. The van der Waals surface area contributed by atoms with Crippen molar-refractivity contribution in [3.05, 3.63) is 0 Å². The summed E-state index contributed by atoms with van der Waals surface area (Å²) in [6.07, 6.45) is 0. The largest absolute Gasteiger partial charge is 0.359 e. The van der Waals surface area contributed by atoms with Crippen LogP contribution < -0.4 is 9.30 Å². The van der Waals surface area contributed by atoms with Crippen LogP contribution in [0.3, 0.4) is 0 Å². The van der Waals surface area contributed by atoms with Crippen LogP contribution in [0, 0.1) is 0 Å². The molecule has 1 fully saturated rings. The van der Waals surface area contributed by atoms with Crippen LogP contribution in [-0.2, 0) is 0 Å². The van der Waals surface area contributed by atoms with Crippen molar-refractivity contribution in [2.45, 2.75) is 76.6 Å². The minimum Gasteiger partial charge on any atom is -0.359 e.